The Morgan fingerprint density at radius 1 is 0.622 bits per heavy atom. The highest BCUT2D eigenvalue weighted by atomic mass is 16.6. The van der Waals surface area contributed by atoms with Gasteiger partial charge < -0.3 is 19.7 Å². The van der Waals surface area contributed by atoms with Gasteiger partial charge in [-0.15, -0.1) is 0 Å². The van der Waals surface area contributed by atoms with Gasteiger partial charge in [0.15, 0.2) is 6.10 Å². The van der Waals surface area contributed by atoms with Crippen molar-refractivity contribution in [2.45, 2.75) is 161 Å². The first-order valence-corrected chi connectivity index (χ1v) is 18.0. The zero-order valence-corrected chi connectivity index (χ0v) is 28.7. The molecule has 0 aliphatic heterocycles. The molecule has 258 valence electrons. The lowest BCUT2D eigenvalue weighted by molar-refractivity contribution is -0.161. The molecular weight excluding hydrogens is 564 g/mol. The largest absolute Gasteiger partial charge is 0.462 e. The quantitative estimate of drug-likeness (QED) is 0.0343. The van der Waals surface area contributed by atoms with E-state index in [0.717, 1.165) is 44.9 Å². The van der Waals surface area contributed by atoms with Crippen LogP contribution in [-0.4, -0.2) is 47.6 Å². The van der Waals surface area contributed by atoms with E-state index in [9.17, 15) is 19.8 Å². The van der Waals surface area contributed by atoms with Crippen molar-refractivity contribution in [1.82, 2.24) is 0 Å². The van der Waals surface area contributed by atoms with Crippen LogP contribution in [0.15, 0.2) is 60.8 Å². The van der Waals surface area contributed by atoms with E-state index in [1.54, 1.807) is 6.08 Å². The predicted octanol–water partition coefficient (Wildman–Crippen LogP) is 9.81. The molecule has 6 heteroatoms. The van der Waals surface area contributed by atoms with E-state index < -0.39 is 24.8 Å². The molecule has 0 aromatic rings. The fraction of sp³-hybridized carbons (Fsp3) is 0.692. The van der Waals surface area contributed by atoms with Gasteiger partial charge in [-0.25, -0.2) is 0 Å². The van der Waals surface area contributed by atoms with Gasteiger partial charge in [0.1, 0.15) is 6.61 Å². The summed E-state index contributed by atoms with van der Waals surface area (Å²) in [6, 6.07) is 0. The second-order valence-electron chi connectivity index (χ2n) is 11.8. The third kappa shape index (κ3) is 32.8. The van der Waals surface area contributed by atoms with Gasteiger partial charge in [0.2, 0.25) is 0 Å². The average Bonchev–Trinajstić information content (AvgIpc) is 3.03. The molecule has 0 amide bonds. The molecule has 0 aromatic carbocycles. The summed E-state index contributed by atoms with van der Waals surface area (Å²) in [6.07, 6.45) is 40.2. The van der Waals surface area contributed by atoms with Crippen LogP contribution in [0.3, 0.4) is 0 Å². The first-order valence-electron chi connectivity index (χ1n) is 18.0. The number of esters is 2. The third-order valence-electron chi connectivity index (χ3n) is 7.43. The molecule has 0 fully saturated rings. The van der Waals surface area contributed by atoms with Crippen molar-refractivity contribution in [2.75, 3.05) is 13.2 Å². The van der Waals surface area contributed by atoms with E-state index in [-0.39, 0.29) is 19.0 Å². The molecule has 0 saturated carbocycles. The van der Waals surface area contributed by atoms with Gasteiger partial charge in [-0.3, -0.25) is 9.59 Å². The molecule has 2 N–H and O–H groups in total. The summed E-state index contributed by atoms with van der Waals surface area (Å²) in [6.45, 7) is 3.84. The maximum absolute atomic E-state index is 12.1. The number of ether oxygens (including phenoxy) is 2. The SMILES string of the molecule is CC/C=C\C/C=C\C/C=C\C/C=C\C=C\C(O)CCCC(=O)O[C@@H](CO)COC(=O)CCCCCCCCCCCCCCC. The highest BCUT2D eigenvalue weighted by Gasteiger charge is 2.16. The van der Waals surface area contributed by atoms with E-state index in [1.807, 2.05) is 18.2 Å². The van der Waals surface area contributed by atoms with Gasteiger partial charge in [0, 0.05) is 12.8 Å². The second-order valence-corrected chi connectivity index (χ2v) is 11.8. The minimum Gasteiger partial charge on any atom is -0.462 e. The molecule has 1 unspecified atom stereocenters. The first kappa shape index (κ1) is 42.6. The Morgan fingerprint density at radius 2 is 1.13 bits per heavy atom. The lowest BCUT2D eigenvalue weighted by Crippen LogP contribution is -2.28. The molecular formula is C39H66O6. The molecule has 0 spiro atoms. The van der Waals surface area contributed by atoms with E-state index in [2.05, 4.69) is 50.3 Å². The predicted molar refractivity (Wildman–Crippen MR) is 188 cm³/mol. The Bertz CT molecular complexity index is 825. The monoisotopic (exact) mass is 630 g/mol. The Kier molecular flexibility index (Phi) is 32.6. The zero-order valence-electron chi connectivity index (χ0n) is 28.7. The Balaban J connectivity index is 3.81. The highest BCUT2D eigenvalue weighted by Crippen LogP contribution is 2.13. The van der Waals surface area contributed by atoms with Crippen molar-refractivity contribution in [3.05, 3.63) is 60.8 Å². The number of unbranched alkanes of at least 4 members (excludes halogenated alkanes) is 12. The second kappa shape index (κ2) is 34.4. The highest BCUT2D eigenvalue weighted by molar-refractivity contribution is 5.70. The number of carbonyl (C=O) groups excluding carboxylic acids is 2. The first-order chi connectivity index (χ1) is 22.0. The van der Waals surface area contributed by atoms with Crippen molar-refractivity contribution in [3.8, 4) is 0 Å². The number of hydrogen-bond acceptors (Lipinski definition) is 6. The minimum absolute atomic E-state index is 0.123. The fourth-order valence-corrected chi connectivity index (χ4v) is 4.70. The van der Waals surface area contributed by atoms with Crippen LogP contribution in [0.2, 0.25) is 0 Å². The summed E-state index contributed by atoms with van der Waals surface area (Å²) in [7, 11) is 0. The van der Waals surface area contributed by atoms with Crippen molar-refractivity contribution in [1.29, 1.82) is 0 Å². The van der Waals surface area contributed by atoms with E-state index in [1.165, 1.54) is 64.2 Å². The maximum Gasteiger partial charge on any atom is 0.306 e. The molecule has 6 nitrogen and oxygen atoms in total. The molecule has 0 heterocycles. The van der Waals surface area contributed by atoms with Crippen molar-refractivity contribution in [3.63, 3.8) is 0 Å². The summed E-state index contributed by atoms with van der Waals surface area (Å²) >= 11 is 0. The van der Waals surface area contributed by atoms with Gasteiger partial charge in [-0.1, -0.05) is 152 Å². The van der Waals surface area contributed by atoms with Gasteiger partial charge in [-0.2, -0.15) is 0 Å². The molecule has 2 atom stereocenters. The summed E-state index contributed by atoms with van der Waals surface area (Å²) in [5.74, 6) is -0.799. The molecule has 45 heavy (non-hydrogen) atoms. The minimum atomic E-state index is -0.865. The normalized spacial score (nSPS) is 13.6. The lowest BCUT2D eigenvalue weighted by atomic mass is 10.0. The average molecular weight is 631 g/mol. The molecule has 0 aliphatic carbocycles. The van der Waals surface area contributed by atoms with Gasteiger partial charge in [0.05, 0.1) is 12.7 Å². The molecule has 0 aromatic heterocycles. The number of hydrogen-bond donors (Lipinski definition) is 2. The van der Waals surface area contributed by atoms with Crippen LogP contribution in [0, 0.1) is 0 Å². The zero-order chi connectivity index (χ0) is 33.1. The number of rotatable bonds is 31. The number of aliphatic hydroxyl groups excluding tert-OH is 2. The topological polar surface area (TPSA) is 93.1 Å². The Labute approximate surface area is 275 Å². The van der Waals surface area contributed by atoms with Gasteiger partial charge in [0.25, 0.3) is 0 Å². The molecule has 0 bridgehead atoms. The Hall–Kier alpha value is -2.44. The van der Waals surface area contributed by atoms with Crippen molar-refractivity contribution < 1.29 is 29.3 Å². The van der Waals surface area contributed by atoms with Crippen LogP contribution < -0.4 is 0 Å². The van der Waals surface area contributed by atoms with Crippen molar-refractivity contribution in [2.24, 2.45) is 0 Å². The lowest BCUT2D eigenvalue weighted by Gasteiger charge is -2.16. The van der Waals surface area contributed by atoms with E-state index in [0.29, 0.717) is 19.3 Å². The van der Waals surface area contributed by atoms with Crippen LogP contribution in [0.4, 0.5) is 0 Å². The van der Waals surface area contributed by atoms with Crippen LogP contribution in [0.5, 0.6) is 0 Å². The number of aliphatic hydroxyl groups is 2. The summed E-state index contributed by atoms with van der Waals surface area (Å²) in [4.78, 5) is 24.2. The van der Waals surface area contributed by atoms with Crippen LogP contribution in [-0.2, 0) is 19.1 Å². The number of allylic oxidation sites excluding steroid dienone is 9. The van der Waals surface area contributed by atoms with Crippen molar-refractivity contribution >= 4 is 11.9 Å². The summed E-state index contributed by atoms with van der Waals surface area (Å²) < 4.78 is 10.5. The van der Waals surface area contributed by atoms with Crippen LogP contribution in [0.25, 0.3) is 0 Å². The summed E-state index contributed by atoms with van der Waals surface area (Å²) in [5.41, 5.74) is 0. The van der Waals surface area contributed by atoms with Gasteiger partial charge in [-0.05, 0) is 44.9 Å². The molecule has 0 aliphatic rings. The van der Waals surface area contributed by atoms with Crippen LogP contribution in [0.1, 0.15) is 149 Å². The number of carbonyl (C=O) groups is 2. The molecule has 0 radical (unpaired) electrons. The molecule has 0 rings (SSSR count). The van der Waals surface area contributed by atoms with Gasteiger partial charge >= 0.3 is 11.9 Å². The Morgan fingerprint density at radius 3 is 1.69 bits per heavy atom. The maximum atomic E-state index is 12.1. The standard InChI is InChI=1S/C39H66O6/c1-3-5-7-9-11-13-15-17-19-21-23-25-27-30-36(41)31-29-33-39(43)45-37(34-40)35-44-38(42)32-28-26-24-22-20-18-16-14-12-10-8-6-4-2/h5,7,11,13,17,19,23,25,27,30,36-37,40-41H,3-4,6,8-10,12,14-16,18,20-22,24,26,28-29,31-35H2,1-2H3/b7-5-,13-11-,19-17-,25-23-,30-27+/t36?,37-/m0/s1. The van der Waals surface area contributed by atoms with E-state index in [4.69, 9.17) is 9.47 Å². The summed E-state index contributed by atoms with van der Waals surface area (Å²) in [5, 5.41) is 19.6. The smallest absolute Gasteiger partial charge is 0.306 e. The van der Waals surface area contributed by atoms with Crippen LogP contribution >= 0.6 is 0 Å². The third-order valence-corrected chi connectivity index (χ3v) is 7.43. The molecule has 0 saturated heterocycles. The van der Waals surface area contributed by atoms with E-state index >= 15 is 0 Å². The fourth-order valence-electron chi connectivity index (χ4n) is 4.70.